The largest absolute Gasteiger partial charge is 0.388 e. The number of aliphatic hydroxyl groups excluding tert-OH is 3. The molecule has 24 heavy (non-hydrogen) atoms. The predicted molar refractivity (Wildman–Crippen MR) is 81.1 cm³/mol. The molecule has 0 aliphatic carbocycles. The summed E-state index contributed by atoms with van der Waals surface area (Å²) in [6.45, 7) is 5.31. The van der Waals surface area contributed by atoms with Crippen molar-refractivity contribution in [3.05, 3.63) is 12.2 Å². The third kappa shape index (κ3) is 4.36. The SMILES string of the molecule is C=C(C)C(=O)N(C(=O)CNC(=O)CN)C1O[C@H](C)[C@H](O)[C@H](O)[C@H]1O. The van der Waals surface area contributed by atoms with Gasteiger partial charge in [0.25, 0.3) is 11.8 Å². The van der Waals surface area contributed by atoms with Gasteiger partial charge in [0.2, 0.25) is 5.91 Å². The lowest BCUT2D eigenvalue weighted by molar-refractivity contribution is -0.249. The highest BCUT2D eigenvalue weighted by atomic mass is 16.6. The Morgan fingerprint density at radius 1 is 1.21 bits per heavy atom. The van der Waals surface area contributed by atoms with E-state index in [1.807, 2.05) is 0 Å². The summed E-state index contributed by atoms with van der Waals surface area (Å²) >= 11 is 0. The van der Waals surface area contributed by atoms with Gasteiger partial charge in [0.05, 0.1) is 19.2 Å². The average molecular weight is 345 g/mol. The lowest BCUT2D eigenvalue weighted by Gasteiger charge is -2.43. The molecule has 1 aliphatic heterocycles. The number of ether oxygens (including phenoxy) is 1. The molecule has 10 heteroatoms. The molecule has 0 aromatic rings. The van der Waals surface area contributed by atoms with Crippen LogP contribution in [0.1, 0.15) is 13.8 Å². The molecule has 1 fully saturated rings. The van der Waals surface area contributed by atoms with E-state index in [9.17, 15) is 29.7 Å². The summed E-state index contributed by atoms with van der Waals surface area (Å²) < 4.78 is 5.31. The summed E-state index contributed by atoms with van der Waals surface area (Å²) in [6.07, 6.45) is -7.21. The van der Waals surface area contributed by atoms with Crippen LogP contribution in [0.3, 0.4) is 0 Å². The summed E-state index contributed by atoms with van der Waals surface area (Å²) in [5, 5.41) is 31.8. The van der Waals surface area contributed by atoms with Gasteiger partial charge in [0.1, 0.15) is 18.3 Å². The van der Waals surface area contributed by atoms with Gasteiger partial charge < -0.3 is 31.1 Å². The first kappa shape index (κ1) is 20.2. The van der Waals surface area contributed by atoms with Crippen LogP contribution in [0.5, 0.6) is 0 Å². The quantitative estimate of drug-likeness (QED) is 0.326. The first-order valence-corrected chi connectivity index (χ1v) is 7.30. The number of aliphatic hydroxyl groups is 3. The van der Waals surface area contributed by atoms with Crippen LogP contribution >= 0.6 is 0 Å². The zero-order valence-corrected chi connectivity index (χ0v) is 13.5. The number of hydrogen-bond acceptors (Lipinski definition) is 8. The number of nitrogens with one attached hydrogen (secondary N) is 1. The van der Waals surface area contributed by atoms with E-state index in [4.69, 9.17) is 10.5 Å². The van der Waals surface area contributed by atoms with Gasteiger partial charge in [-0.1, -0.05) is 6.58 Å². The highest BCUT2D eigenvalue weighted by Crippen LogP contribution is 2.24. The third-order valence-electron chi connectivity index (χ3n) is 3.56. The van der Waals surface area contributed by atoms with E-state index >= 15 is 0 Å². The van der Waals surface area contributed by atoms with Gasteiger partial charge in [-0.2, -0.15) is 0 Å². The van der Waals surface area contributed by atoms with Crippen LogP contribution in [0.4, 0.5) is 0 Å². The molecule has 0 aromatic heterocycles. The fourth-order valence-corrected chi connectivity index (χ4v) is 2.15. The number of carbonyl (C=O) groups excluding carboxylic acids is 3. The minimum atomic E-state index is -1.73. The van der Waals surface area contributed by atoms with Crippen molar-refractivity contribution in [3.63, 3.8) is 0 Å². The van der Waals surface area contributed by atoms with Crippen molar-refractivity contribution in [1.82, 2.24) is 10.2 Å². The molecule has 0 radical (unpaired) electrons. The van der Waals surface area contributed by atoms with E-state index in [0.29, 0.717) is 4.90 Å². The maximum atomic E-state index is 12.3. The maximum absolute atomic E-state index is 12.3. The smallest absolute Gasteiger partial charge is 0.257 e. The van der Waals surface area contributed by atoms with Crippen LogP contribution in [0, 0.1) is 0 Å². The van der Waals surface area contributed by atoms with Crippen molar-refractivity contribution < 1.29 is 34.4 Å². The fourth-order valence-electron chi connectivity index (χ4n) is 2.15. The number of imide groups is 1. The highest BCUT2D eigenvalue weighted by molar-refractivity contribution is 6.05. The molecule has 136 valence electrons. The third-order valence-corrected chi connectivity index (χ3v) is 3.56. The minimum Gasteiger partial charge on any atom is -0.388 e. The molecule has 0 bridgehead atoms. The van der Waals surface area contributed by atoms with Crippen LogP contribution < -0.4 is 11.1 Å². The van der Waals surface area contributed by atoms with Crippen molar-refractivity contribution in [3.8, 4) is 0 Å². The molecule has 0 saturated carbocycles. The van der Waals surface area contributed by atoms with E-state index in [0.717, 1.165) is 0 Å². The topological polar surface area (TPSA) is 162 Å². The summed E-state index contributed by atoms with van der Waals surface area (Å²) in [5.74, 6) is -2.34. The molecular weight excluding hydrogens is 322 g/mol. The molecule has 0 spiro atoms. The zero-order valence-electron chi connectivity index (χ0n) is 13.5. The zero-order chi connectivity index (χ0) is 18.6. The Bertz CT molecular complexity index is 524. The van der Waals surface area contributed by atoms with Gasteiger partial charge >= 0.3 is 0 Å². The average Bonchev–Trinajstić information content (AvgIpc) is 2.54. The lowest BCUT2D eigenvalue weighted by Crippen LogP contribution is -2.64. The molecule has 3 amide bonds. The second kappa shape index (κ2) is 8.31. The van der Waals surface area contributed by atoms with Crippen molar-refractivity contribution in [2.75, 3.05) is 13.1 Å². The lowest BCUT2D eigenvalue weighted by atomic mass is 9.98. The van der Waals surface area contributed by atoms with Crippen molar-refractivity contribution in [2.24, 2.45) is 5.73 Å². The molecule has 6 N–H and O–H groups in total. The second-order valence-corrected chi connectivity index (χ2v) is 5.53. The van der Waals surface area contributed by atoms with Crippen LogP contribution in [0.15, 0.2) is 12.2 Å². The first-order chi connectivity index (χ1) is 11.1. The fraction of sp³-hybridized carbons (Fsp3) is 0.643. The molecule has 5 atom stereocenters. The summed E-state index contributed by atoms with van der Waals surface area (Å²) in [4.78, 5) is 36.3. The first-order valence-electron chi connectivity index (χ1n) is 7.30. The number of carbonyl (C=O) groups is 3. The molecular formula is C14H23N3O7. The number of rotatable bonds is 5. The number of nitrogens with zero attached hydrogens (tertiary/aromatic N) is 1. The van der Waals surface area contributed by atoms with Crippen molar-refractivity contribution >= 4 is 17.7 Å². The van der Waals surface area contributed by atoms with Gasteiger partial charge in [0.15, 0.2) is 6.23 Å². The van der Waals surface area contributed by atoms with Crippen LogP contribution in [0.2, 0.25) is 0 Å². The van der Waals surface area contributed by atoms with Crippen LogP contribution in [0.25, 0.3) is 0 Å². The molecule has 1 aliphatic rings. The Kier molecular flexibility index (Phi) is 6.99. The molecule has 1 unspecified atom stereocenters. The van der Waals surface area contributed by atoms with Crippen molar-refractivity contribution in [2.45, 2.75) is 44.5 Å². The monoisotopic (exact) mass is 345 g/mol. The molecule has 1 heterocycles. The van der Waals surface area contributed by atoms with Gasteiger partial charge in [0, 0.05) is 5.57 Å². The maximum Gasteiger partial charge on any atom is 0.257 e. The Labute approximate surface area is 138 Å². The number of amides is 3. The summed E-state index contributed by atoms with van der Waals surface area (Å²) in [6, 6.07) is 0. The molecule has 10 nitrogen and oxygen atoms in total. The second-order valence-electron chi connectivity index (χ2n) is 5.53. The molecule has 0 aromatic carbocycles. The van der Waals surface area contributed by atoms with Crippen molar-refractivity contribution in [1.29, 1.82) is 0 Å². The number of hydrogen-bond donors (Lipinski definition) is 5. The van der Waals surface area contributed by atoms with E-state index in [-0.39, 0.29) is 12.1 Å². The normalized spacial score (nSPS) is 29.7. The van der Waals surface area contributed by atoms with E-state index in [1.165, 1.54) is 13.8 Å². The Morgan fingerprint density at radius 3 is 2.29 bits per heavy atom. The van der Waals surface area contributed by atoms with E-state index in [1.54, 1.807) is 0 Å². The van der Waals surface area contributed by atoms with Gasteiger partial charge in [-0.05, 0) is 13.8 Å². The van der Waals surface area contributed by atoms with Gasteiger partial charge in [-0.3, -0.25) is 14.4 Å². The molecule has 1 saturated heterocycles. The minimum absolute atomic E-state index is 0.0161. The predicted octanol–water partition coefficient (Wildman–Crippen LogP) is -3.18. The Morgan fingerprint density at radius 2 is 1.79 bits per heavy atom. The number of nitrogens with two attached hydrogens (primary N) is 1. The van der Waals surface area contributed by atoms with Gasteiger partial charge in [-0.25, -0.2) is 4.90 Å². The Hall–Kier alpha value is -1.85. The summed E-state index contributed by atoms with van der Waals surface area (Å²) in [7, 11) is 0. The Balaban J connectivity index is 3.05. The van der Waals surface area contributed by atoms with E-state index in [2.05, 4.69) is 11.9 Å². The highest BCUT2D eigenvalue weighted by Gasteiger charge is 2.47. The standard InChI is InChI=1S/C14H23N3O7/c1-6(2)13(23)17(9(19)5-16-8(18)4-15)14-12(22)11(21)10(20)7(3)24-14/h7,10-12,14,20-22H,1,4-5,15H2,2-3H3,(H,16,18)/t7-,10+,11+,12-,14?/m1/s1. The van der Waals surface area contributed by atoms with Crippen LogP contribution in [-0.4, -0.2) is 81.7 Å². The molecule has 1 rings (SSSR count). The van der Waals surface area contributed by atoms with Gasteiger partial charge in [-0.15, -0.1) is 0 Å². The summed E-state index contributed by atoms with van der Waals surface area (Å²) in [5.41, 5.74) is 5.10. The van der Waals surface area contributed by atoms with E-state index < -0.39 is 54.9 Å². The van der Waals surface area contributed by atoms with Crippen LogP contribution in [-0.2, 0) is 19.1 Å².